The Morgan fingerprint density at radius 1 is 1.64 bits per heavy atom. The smallest absolute Gasteiger partial charge is 0.287 e. The molecule has 14 heavy (non-hydrogen) atoms. The fraction of sp³-hybridized carbons (Fsp3) is 0.500. The van der Waals surface area contributed by atoms with E-state index in [0.717, 1.165) is 12.2 Å². The second kappa shape index (κ2) is 3.77. The van der Waals surface area contributed by atoms with Gasteiger partial charge in [0.05, 0.1) is 30.4 Å². The van der Waals surface area contributed by atoms with Crippen LogP contribution < -0.4 is 5.32 Å². The van der Waals surface area contributed by atoms with Gasteiger partial charge in [0.2, 0.25) is 0 Å². The number of aromatic nitrogens is 1. The number of hydrogen-bond acceptors (Lipinski definition) is 4. The molecule has 1 saturated heterocycles. The Kier molecular flexibility index (Phi) is 2.47. The normalized spacial score (nSPS) is 22.1. The van der Waals surface area contributed by atoms with Gasteiger partial charge in [0.25, 0.3) is 5.69 Å². The monoisotopic (exact) mass is 197 g/mol. The molecule has 1 atom stereocenters. The summed E-state index contributed by atoms with van der Waals surface area (Å²) in [6.07, 6.45) is 1.39. The number of rotatable bonds is 2. The van der Waals surface area contributed by atoms with Crippen LogP contribution in [0.1, 0.15) is 11.7 Å². The minimum absolute atomic E-state index is 0.0393. The Labute approximate surface area is 80.4 Å². The molecule has 0 spiro atoms. The number of nitrogens with zero attached hydrogens (tertiary/aromatic N) is 1. The minimum atomic E-state index is -0.413. The van der Waals surface area contributed by atoms with Gasteiger partial charge in [-0.15, -0.1) is 0 Å². The molecule has 6 nitrogen and oxygen atoms in total. The van der Waals surface area contributed by atoms with Crippen molar-refractivity contribution in [3.8, 4) is 0 Å². The topological polar surface area (TPSA) is 80.2 Å². The van der Waals surface area contributed by atoms with Gasteiger partial charge in [0.1, 0.15) is 0 Å². The lowest BCUT2D eigenvalue weighted by atomic mass is 10.2. The van der Waals surface area contributed by atoms with Crippen molar-refractivity contribution in [2.24, 2.45) is 0 Å². The molecular weight excluding hydrogens is 186 g/mol. The second-order valence-corrected chi connectivity index (χ2v) is 3.15. The molecule has 1 aliphatic heterocycles. The van der Waals surface area contributed by atoms with E-state index in [1.807, 2.05) is 0 Å². The summed E-state index contributed by atoms with van der Waals surface area (Å²) in [5.41, 5.74) is 0.892. The highest BCUT2D eigenvalue weighted by Crippen LogP contribution is 2.19. The van der Waals surface area contributed by atoms with Crippen molar-refractivity contribution in [2.45, 2.75) is 6.04 Å². The van der Waals surface area contributed by atoms with Crippen molar-refractivity contribution >= 4 is 5.69 Å². The molecule has 2 heterocycles. The lowest BCUT2D eigenvalue weighted by Crippen LogP contribution is -2.34. The van der Waals surface area contributed by atoms with Crippen molar-refractivity contribution in [3.63, 3.8) is 0 Å². The number of nitro groups is 1. The van der Waals surface area contributed by atoms with Gasteiger partial charge < -0.3 is 15.0 Å². The lowest BCUT2D eigenvalue weighted by molar-refractivity contribution is -0.384. The predicted octanol–water partition coefficient (Wildman–Crippen LogP) is 0.584. The maximum Gasteiger partial charge on any atom is 0.287 e. The van der Waals surface area contributed by atoms with E-state index in [0.29, 0.717) is 13.2 Å². The van der Waals surface area contributed by atoms with Gasteiger partial charge in [0.15, 0.2) is 0 Å². The highest BCUT2D eigenvalue weighted by Gasteiger charge is 2.19. The van der Waals surface area contributed by atoms with Crippen molar-refractivity contribution < 1.29 is 9.66 Å². The van der Waals surface area contributed by atoms with Gasteiger partial charge >= 0.3 is 0 Å². The quantitative estimate of drug-likeness (QED) is 0.537. The third kappa shape index (κ3) is 1.75. The zero-order valence-corrected chi connectivity index (χ0v) is 7.53. The summed E-state index contributed by atoms with van der Waals surface area (Å²) in [5, 5.41) is 13.6. The van der Waals surface area contributed by atoms with E-state index in [9.17, 15) is 10.1 Å². The van der Waals surface area contributed by atoms with Gasteiger partial charge in [-0.05, 0) is 0 Å². The van der Waals surface area contributed by atoms with Crippen LogP contribution >= 0.6 is 0 Å². The number of H-pyrrole nitrogens is 1. The van der Waals surface area contributed by atoms with Crippen LogP contribution in [0, 0.1) is 10.1 Å². The molecule has 0 aliphatic carbocycles. The molecule has 76 valence electrons. The Morgan fingerprint density at radius 3 is 3.07 bits per heavy atom. The predicted molar refractivity (Wildman–Crippen MR) is 49.0 cm³/mol. The maximum atomic E-state index is 10.4. The molecule has 0 aromatic carbocycles. The van der Waals surface area contributed by atoms with Gasteiger partial charge in [-0.2, -0.15) is 0 Å². The fourth-order valence-corrected chi connectivity index (χ4v) is 1.47. The molecule has 1 fully saturated rings. The SMILES string of the molecule is O=[N+]([O-])c1c[nH]c([C@H]2COCCN2)c1. The fourth-order valence-electron chi connectivity index (χ4n) is 1.47. The Morgan fingerprint density at radius 2 is 2.50 bits per heavy atom. The van der Waals surface area contributed by atoms with Crippen LogP contribution in [0.4, 0.5) is 5.69 Å². The molecule has 1 aromatic heterocycles. The van der Waals surface area contributed by atoms with Crippen molar-refractivity contribution in [1.82, 2.24) is 10.3 Å². The Hall–Kier alpha value is -1.40. The Balaban J connectivity index is 2.11. The van der Waals surface area contributed by atoms with Crippen molar-refractivity contribution in [1.29, 1.82) is 0 Å². The average Bonchev–Trinajstić information content (AvgIpc) is 2.68. The molecule has 0 saturated carbocycles. The molecule has 0 amide bonds. The zero-order chi connectivity index (χ0) is 9.97. The van der Waals surface area contributed by atoms with Crippen LogP contribution in [0.3, 0.4) is 0 Å². The largest absolute Gasteiger partial charge is 0.378 e. The van der Waals surface area contributed by atoms with Crippen LogP contribution in [-0.2, 0) is 4.74 Å². The first kappa shape index (κ1) is 9.17. The van der Waals surface area contributed by atoms with Crippen LogP contribution in [0.5, 0.6) is 0 Å². The molecule has 0 radical (unpaired) electrons. The number of hydrogen-bond donors (Lipinski definition) is 2. The summed E-state index contributed by atoms with van der Waals surface area (Å²) in [7, 11) is 0. The molecular formula is C8H11N3O3. The highest BCUT2D eigenvalue weighted by molar-refractivity contribution is 5.31. The van der Waals surface area contributed by atoms with Gasteiger partial charge in [0, 0.05) is 18.3 Å². The summed E-state index contributed by atoms with van der Waals surface area (Å²) in [6.45, 7) is 2.02. The van der Waals surface area contributed by atoms with E-state index in [-0.39, 0.29) is 11.7 Å². The first-order chi connectivity index (χ1) is 6.77. The lowest BCUT2D eigenvalue weighted by Gasteiger charge is -2.22. The summed E-state index contributed by atoms with van der Waals surface area (Å²) in [5.74, 6) is 0. The van der Waals surface area contributed by atoms with E-state index in [1.54, 1.807) is 0 Å². The van der Waals surface area contributed by atoms with Crippen molar-refractivity contribution in [3.05, 3.63) is 28.1 Å². The van der Waals surface area contributed by atoms with E-state index in [2.05, 4.69) is 10.3 Å². The second-order valence-electron chi connectivity index (χ2n) is 3.15. The minimum Gasteiger partial charge on any atom is -0.378 e. The van der Waals surface area contributed by atoms with Gasteiger partial charge in [-0.25, -0.2) is 0 Å². The average molecular weight is 197 g/mol. The first-order valence-corrected chi connectivity index (χ1v) is 4.41. The molecule has 0 unspecified atom stereocenters. The maximum absolute atomic E-state index is 10.4. The molecule has 1 aromatic rings. The molecule has 2 rings (SSSR count). The highest BCUT2D eigenvalue weighted by atomic mass is 16.6. The summed E-state index contributed by atoms with van der Waals surface area (Å²) >= 11 is 0. The van der Waals surface area contributed by atoms with E-state index in [1.165, 1.54) is 12.3 Å². The van der Waals surface area contributed by atoms with E-state index < -0.39 is 4.92 Å². The number of morpholine rings is 1. The molecule has 6 heteroatoms. The summed E-state index contributed by atoms with van der Waals surface area (Å²) in [6, 6.07) is 1.57. The van der Waals surface area contributed by atoms with Crippen molar-refractivity contribution in [2.75, 3.05) is 19.8 Å². The first-order valence-electron chi connectivity index (χ1n) is 4.41. The molecule has 0 bridgehead atoms. The van der Waals surface area contributed by atoms with Crippen LogP contribution in [0.15, 0.2) is 12.3 Å². The number of ether oxygens (including phenoxy) is 1. The van der Waals surface area contributed by atoms with E-state index in [4.69, 9.17) is 4.74 Å². The van der Waals surface area contributed by atoms with Crippen LogP contribution in [0.2, 0.25) is 0 Å². The van der Waals surface area contributed by atoms with E-state index >= 15 is 0 Å². The Bertz CT molecular complexity index is 330. The zero-order valence-electron chi connectivity index (χ0n) is 7.53. The summed E-state index contributed by atoms with van der Waals surface area (Å²) in [4.78, 5) is 12.9. The van der Waals surface area contributed by atoms with Crippen LogP contribution in [0.25, 0.3) is 0 Å². The third-order valence-electron chi connectivity index (χ3n) is 2.20. The van der Waals surface area contributed by atoms with Gasteiger partial charge in [-0.3, -0.25) is 10.1 Å². The number of nitrogens with one attached hydrogen (secondary N) is 2. The standard InChI is InChI=1S/C8H11N3O3/c12-11(13)6-3-7(10-4-6)8-5-14-2-1-9-8/h3-4,8-10H,1-2,5H2/t8-/m1/s1. The van der Waals surface area contributed by atoms with Gasteiger partial charge in [-0.1, -0.05) is 0 Å². The number of aromatic amines is 1. The molecule has 1 aliphatic rings. The van der Waals surface area contributed by atoms with Crippen LogP contribution in [-0.4, -0.2) is 29.7 Å². The third-order valence-corrected chi connectivity index (χ3v) is 2.20. The summed E-state index contributed by atoms with van der Waals surface area (Å²) < 4.78 is 5.25. The molecule has 2 N–H and O–H groups in total.